The molecular formula is C17H15FN4O4. The maximum Gasteiger partial charge on any atom is 0.310 e. The van der Waals surface area contributed by atoms with Gasteiger partial charge in [0.1, 0.15) is 18.1 Å². The van der Waals surface area contributed by atoms with E-state index in [1.807, 2.05) is 0 Å². The number of hydrogen-bond acceptors (Lipinski definition) is 5. The molecule has 3 heterocycles. The first-order valence-corrected chi connectivity index (χ1v) is 8.02. The molecule has 0 aliphatic carbocycles. The Kier molecular flexibility index (Phi) is 4.00. The summed E-state index contributed by atoms with van der Waals surface area (Å²) in [7, 11) is 0. The van der Waals surface area contributed by atoms with E-state index >= 15 is 0 Å². The molecule has 26 heavy (non-hydrogen) atoms. The van der Waals surface area contributed by atoms with Crippen LogP contribution in [0.4, 0.5) is 10.3 Å². The lowest BCUT2D eigenvalue weighted by Crippen LogP contribution is -2.39. The van der Waals surface area contributed by atoms with E-state index in [9.17, 15) is 19.1 Å². The van der Waals surface area contributed by atoms with Crippen molar-refractivity contribution in [1.29, 1.82) is 0 Å². The Morgan fingerprint density at radius 3 is 2.58 bits per heavy atom. The lowest BCUT2D eigenvalue weighted by Gasteiger charge is -2.19. The van der Waals surface area contributed by atoms with Crippen molar-refractivity contribution < 1.29 is 23.8 Å². The summed E-state index contributed by atoms with van der Waals surface area (Å²) in [5, 5.41) is 16.0. The second kappa shape index (κ2) is 6.34. The van der Waals surface area contributed by atoms with E-state index in [1.54, 1.807) is 24.3 Å². The van der Waals surface area contributed by atoms with E-state index in [0.29, 0.717) is 6.54 Å². The third kappa shape index (κ3) is 2.97. The number of ether oxygens (including phenoxy) is 1. The first kappa shape index (κ1) is 16.4. The van der Waals surface area contributed by atoms with Gasteiger partial charge in [-0.1, -0.05) is 24.3 Å². The number of hydrogen-bond donors (Lipinski definition) is 2. The minimum Gasteiger partial charge on any atom is -0.481 e. The molecule has 2 bridgehead atoms. The highest BCUT2D eigenvalue weighted by Gasteiger charge is 2.53. The molecule has 2 aliphatic rings. The number of benzene rings is 1. The van der Waals surface area contributed by atoms with Crippen LogP contribution in [-0.4, -0.2) is 44.0 Å². The SMILES string of the molecule is O=C(O)[C@@H]1[C@H](C(=O)Nc2ncn(Cc3ccc(F)cc3)n2)[C@H]2C=C[C@@H]1O2. The molecule has 9 heteroatoms. The number of aromatic nitrogens is 3. The molecule has 1 aromatic heterocycles. The summed E-state index contributed by atoms with van der Waals surface area (Å²) in [6.45, 7) is 0.362. The van der Waals surface area contributed by atoms with E-state index in [0.717, 1.165) is 5.56 Å². The van der Waals surface area contributed by atoms with Gasteiger partial charge in [-0.05, 0) is 17.7 Å². The summed E-state index contributed by atoms with van der Waals surface area (Å²) in [5.74, 6) is -3.56. The molecule has 134 valence electrons. The van der Waals surface area contributed by atoms with Crippen LogP contribution in [0, 0.1) is 17.7 Å². The lowest BCUT2D eigenvalue weighted by molar-refractivity contribution is -0.145. The minimum absolute atomic E-state index is 0.0769. The van der Waals surface area contributed by atoms with Crippen LogP contribution in [0.5, 0.6) is 0 Å². The van der Waals surface area contributed by atoms with Crippen molar-refractivity contribution in [3.63, 3.8) is 0 Å². The topological polar surface area (TPSA) is 106 Å². The number of halogens is 1. The van der Waals surface area contributed by atoms with Crippen molar-refractivity contribution in [3.8, 4) is 0 Å². The number of rotatable bonds is 5. The number of nitrogens with zero attached hydrogens (tertiary/aromatic N) is 3. The highest BCUT2D eigenvalue weighted by atomic mass is 19.1. The smallest absolute Gasteiger partial charge is 0.310 e. The molecular weight excluding hydrogens is 343 g/mol. The number of carboxylic acid groups (broad SMARTS) is 1. The third-order valence-electron chi connectivity index (χ3n) is 4.52. The molecule has 2 aliphatic heterocycles. The second-order valence-corrected chi connectivity index (χ2v) is 6.22. The van der Waals surface area contributed by atoms with Crippen molar-refractivity contribution in [2.45, 2.75) is 18.8 Å². The Labute approximate surface area is 147 Å². The first-order valence-electron chi connectivity index (χ1n) is 8.02. The number of anilines is 1. The van der Waals surface area contributed by atoms with Crippen molar-refractivity contribution in [2.75, 3.05) is 5.32 Å². The average Bonchev–Trinajstić information content (AvgIpc) is 3.32. The van der Waals surface area contributed by atoms with Gasteiger partial charge in [-0.3, -0.25) is 14.9 Å². The number of nitrogens with one attached hydrogen (secondary N) is 1. The molecule has 1 saturated heterocycles. The summed E-state index contributed by atoms with van der Waals surface area (Å²) >= 11 is 0. The Hall–Kier alpha value is -3.07. The largest absolute Gasteiger partial charge is 0.481 e. The second-order valence-electron chi connectivity index (χ2n) is 6.22. The van der Waals surface area contributed by atoms with Crippen LogP contribution in [0.2, 0.25) is 0 Å². The monoisotopic (exact) mass is 358 g/mol. The molecule has 1 fully saturated rings. The molecule has 8 nitrogen and oxygen atoms in total. The van der Waals surface area contributed by atoms with Gasteiger partial charge in [0.15, 0.2) is 0 Å². The third-order valence-corrected chi connectivity index (χ3v) is 4.52. The van der Waals surface area contributed by atoms with Crippen molar-refractivity contribution in [3.05, 3.63) is 54.1 Å². The molecule has 0 unspecified atom stereocenters. The normalized spacial score (nSPS) is 26.2. The molecule has 2 N–H and O–H groups in total. The summed E-state index contributed by atoms with van der Waals surface area (Å²) in [6, 6.07) is 5.96. The van der Waals surface area contributed by atoms with Gasteiger partial charge in [-0.15, -0.1) is 5.10 Å². The van der Waals surface area contributed by atoms with Crippen LogP contribution in [0.1, 0.15) is 5.56 Å². The summed E-state index contributed by atoms with van der Waals surface area (Å²) in [6.07, 6.45) is 3.67. The number of fused-ring (bicyclic) bond motifs is 2. The maximum absolute atomic E-state index is 12.9. The van der Waals surface area contributed by atoms with Crippen LogP contribution in [0.3, 0.4) is 0 Å². The number of aliphatic carboxylic acids is 1. The maximum atomic E-state index is 12.9. The standard InChI is InChI=1S/C17H15FN4O4/c18-10-3-1-9(2-4-10)7-22-8-19-17(21-22)20-15(23)13-11-5-6-12(26-11)14(13)16(24)25/h1-6,8,11-14H,7H2,(H,24,25)(H,20,21,23)/t11-,12+,13-,14+/m1/s1. The fraction of sp³-hybridized carbons (Fsp3) is 0.294. The molecule has 1 aromatic carbocycles. The van der Waals surface area contributed by atoms with Gasteiger partial charge in [-0.2, -0.15) is 0 Å². The minimum atomic E-state index is -1.07. The van der Waals surface area contributed by atoms with Gasteiger partial charge in [0, 0.05) is 0 Å². The molecule has 0 spiro atoms. The van der Waals surface area contributed by atoms with Gasteiger partial charge < -0.3 is 9.84 Å². The Balaban J connectivity index is 1.44. The van der Waals surface area contributed by atoms with Crippen LogP contribution < -0.4 is 5.32 Å². The summed E-state index contributed by atoms with van der Waals surface area (Å²) in [5.41, 5.74) is 0.826. The Bertz CT molecular complexity index is 879. The van der Waals surface area contributed by atoms with E-state index in [4.69, 9.17) is 4.74 Å². The van der Waals surface area contributed by atoms with Gasteiger partial charge in [0.25, 0.3) is 0 Å². The van der Waals surface area contributed by atoms with Crippen LogP contribution >= 0.6 is 0 Å². The average molecular weight is 358 g/mol. The fourth-order valence-electron chi connectivity index (χ4n) is 3.31. The van der Waals surface area contributed by atoms with Gasteiger partial charge >= 0.3 is 5.97 Å². The zero-order valence-corrected chi connectivity index (χ0v) is 13.4. The molecule has 2 aromatic rings. The number of carbonyl (C=O) groups excluding carboxylic acids is 1. The number of carboxylic acids is 1. The molecule has 4 rings (SSSR count). The van der Waals surface area contributed by atoms with Crippen LogP contribution in [-0.2, 0) is 20.9 Å². The lowest BCUT2D eigenvalue weighted by atomic mass is 9.82. The number of carbonyl (C=O) groups is 2. The summed E-state index contributed by atoms with van der Waals surface area (Å²) in [4.78, 5) is 28.0. The van der Waals surface area contributed by atoms with E-state index in [1.165, 1.54) is 23.1 Å². The summed E-state index contributed by atoms with van der Waals surface area (Å²) < 4.78 is 19.9. The molecule has 0 radical (unpaired) electrons. The van der Waals surface area contributed by atoms with Crippen molar-refractivity contribution in [1.82, 2.24) is 14.8 Å². The van der Waals surface area contributed by atoms with E-state index < -0.39 is 35.9 Å². The first-order chi connectivity index (χ1) is 12.5. The number of amides is 1. The molecule has 0 saturated carbocycles. The quantitative estimate of drug-likeness (QED) is 0.774. The predicted molar refractivity (Wildman–Crippen MR) is 86.6 cm³/mol. The van der Waals surface area contributed by atoms with Crippen molar-refractivity contribution >= 4 is 17.8 Å². The van der Waals surface area contributed by atoms with Crippen LogP contribution in [0.15, 0.2) is 42.7 Å². The zero-order chi connectivity index (χ0) is 18.3. The van der Waals surface area contributed by atoms with E-state index in [2.05, 4.69) is 15.4 Å². The molecule has 1 amide bonds. The van der Waals surface area contributed by atoms with Gasteiger partial charge in [0.2, 0.25) is 11.9 Å². The van der Waals surface area contributed by atoms with Crippen LogP contribution in [0.25, 0.3) is 0 Å². The van der Waals surface area contributed by atoms with Crippen molar-refractivity contribution in [2.24, 2.45) is 11.8 Å². The van der Waals surface area contributed by atoms with Gasteiger partial charge in [0.05, 0.1) is 24.7 Å². The Morgan fingerprint density at radius 2 is 1.88 bits per heavy atom. The van der Waals surface area contributed by atoms with E-state index in [-0.39, 0.29) is 11.8 Å². The Morgan fingerprint density at radius 1 is 1.19 bits per heavy atom. The molecule has 4 atom stereocenters. The fourth-order valence-corrected chi connectivity index (χ4v) is 3.31. The van der Waals surface area contributed by atoms with Gasteiger partial charge in [-0.25, -0.2) is 14.1 Å². The highest BCUT2D eigenvalue weighted by Crippen LogP contribution is 2.39. The highest BCUT2D eigenvalue weighted by molar-refractivity contribution is 5.95. The predicted octanol–water partition coefficient (Wildman–Crippen LogP) is 1.06. The zero-order valence-electron chi connectivity index (χ0n) is 13.4.